The molecule has 2 rings (SSSR count). The molecule has 0 saturated heterocycles. The minimum atomic E-state index is -0.616. The first kappa shape index (κ1) is 12.6. The standard InChI is InChI=1S/C14H10ClIO/c15-13(10-6-8-12(16)9-7-10)14(17)11-4-2-1-3-5-11/h1-9,13H. The van der Waals surface area contributed by atoms with Gasteiger partial charge in [-0.25, -0.2) is 0 Å². The second kappa shape index (κ2) is 5.65. The van der Waals surface area contributed by atoms with Crippen LogP contribution in [0.4, 0.5) is 0 Å². The molecule has 1 unspecified atom stereocenters. The van der Waals surface area contributed by atoms with E-state index in [4.69, 9.17) is 11.6 Å². The van der Waals surface area contributed by atoms with Crippen molar-refractivity contribution in [3.05, 3.63) is 69.3 Å². The van der Waals surface area contributed by atoms with E-state index in [0.717, 1.165) is 9.13 Å². The molecule has 1 atom stereocenters. The molecule has 0 aliphatic rings. The van der Waals surface area contributed by atoms with E-state index >= 15 is 0 Å². The monoisotopic (exact) mass is 356 g/mol. The van der Waals surface area contributed by atoms with Crippen LogP contribution < -0.4 is 0 Å². The molecule has 0 N–H and O–H groups in total. The van der Waals surface area contributed by atoms with Gasteiger partial charge in [0.1, 0.15) is 5.38 Å². The maximum Gasteiger partial charge on any atom is 0.185 e. The van der Waals surface area contributed by atoms with Gasteiger partial charge in [-0.2, -0.15) is 0 Å². The molecule has 17 heavy (non-hydrogen) atoms. The van der Waals surface area contributed by atoms with Crippen LogP contribution in [-0.2, 0) is 0 Å². The van der Waals surface area contributed by atoms with Crippen molar-refractivity contribution in [2.45, 2.75) is 5.38 Å². The Morgan fingerprint density at radius 2 is 1.59 bits per heavy atom. The molecular weight excluding hydrogens is 347 g/mol. The number of alkyl halides is 1. The van der Waals surface area contributed by atoms with Crippen molar-refractivity contribution in [2.24, 2.45) is 0 Å². The third kappa shape index (κ3) is 3.07. The number of hydrogen-bond donors (Lipinski definition) is 0. The smallest absolute Gasteiger partial charge is 0.185 e. The quantitative estimate of drug-likeness (QED) is 0.451. The molecule has 0 spiro atoms. The minimum Gasteiger partial charge on any atom is -0.292 e. The summed E-state index contributed by atoms with van der Waals surface area (Å²) in [7, 11) is 0. The van der Waals surface area contributed by atoms with Crippen molar-refractivity contribution in [1.82, 2.24) is 0 Å². The SMILES string of the molecule is O=C(c1ccccc1)C(Cl)c1ccc(I)cc1. The Morgan fingerprint density at radius 3 is 2.18 bits per heavy atom. The zero-order valence-electron chi connectivity index (χ0n) is 8.94. The highest BCUT2D eigenvalue weighted by molar-refractivity contribution is 14.1. The molecule has 3 heteroatoms. The number of ketones is 1. The summed E-state index contributed by atoms with van der Waals surface area (Å²) in [6.07, 6.45) is 0. The number of hydrogen-bond acceptors (Lipinski definition) is 1. The van der Waals surface area contributed by atoms with Gasteiger partial charge in [0.15, 0.2) is 5.78 Å². The molecule has 0 aromatic heterocycles. The highest BCUT2D eigenvalue weighted by Crippen LogP contribution is 2.25. The zero-order chi connectivity index (χ0) is 12.3. The van der Waals surface area contributed by atoms with Crippen LogP contribution in [0.15, 0.2) is 54.6 Å². The van der Waals surface area contributed by atoms with Crippen LogP contribution in [0.5, 0.6) is 0 Å². The van der Waals surface area contributed by atoms with Gasteiger partial charge in [-0.05, 0) is 40.3 Å². The fourth-order valence-electron chi connectivity index (χ4n) is 1.53. The van der Waals surface area contributed by atoms with E-state index in [1.54, 1.807) is 12.1 Å². The van der Waals surface area contributed by atoms with Crippen molar-refractivity contribution in [3.8, 4) is 0 Å². The third-order valence-electron chi connectivity index (χ3n) is 2.45. The molecule has 0 aliphatic heterocycles. The van der Waals surface area contributed by atoms with E-state index < -0.39 is 5.38 Å². The summed E-state index contributed by atoms with van der Waals surface area (Å²) in [5, 5.41) is -0.616. The van der Waals surface area contributed by atoms with Crippen LogP contribution in [0.2, 0.25) is 0 Å². The van der Waals surface area contributed by atoms with Gasteiger partial charge in [0, 0.05) is 9.13 Å². The Labute approximate surface area is 119 Å². The molecular formula is C14H10ClIO. The molecule has 2 aromatic carbocycles. The van der Waals surface area contributed by atoms with Gasteiger partial charge in [-0.15, -0.1) is 11.6 Å². The number of rotatable bonds is 3. The summed E-state index contributed by atoms with van der Waals surface area (Å²) in [6.45, 7) is 0. The third-order valence-corrected chi connectivity index (χ3v) is 3.62. The van der Waals surface area contributed by atoms with E-state index in [2.05, 4.69) is 22.6 Å². The molecule has 2 aromatic rings. The molecule has 0 aliphatic carbocycles. The molecule has 0 amide bonds. The van der Waals surface area contributed by atoms with E-state index in [0.29, 0.717) is 5.56 Å². The Kier molecular flexibility index (Phi) is 4.18. The molecule has 0 fully saturated rings. The van der Waals surface area contributed by atoms with E-state index in [1.165, 1.54) is 0 Å². The number of carbonyl (C=O) groups excluding carboxylic acids is 1. The first-order chi connectivity index (χ1) is 8.18. The summed E-state index contributed by atoms with van der Waals surface area (Å²) in [5.74, 6) is -0.0616. The number of Topliss-reactive ketones (excluding diaryl/α,β-unsaturated/α-hetero) is 1. The minimum absolute atomic E-state index is 0.0616. The lowest BCUT2D eigenvalue weighted by atomic mass is 10.0. The van der Waals surface area contributed by atoms with Crippen LogP contribution in [0, 0.1) is 3.57 Å². The molecule has 0 saturated carbocycles. The lowest BCUT2D eigenvalue weighted by Crippen LogP contribution is -2.07. The van der Waals surface area contributed by atoms with Crippen molar-refractivity contribution < 1.29 is 4.79 Å². The van der Waals surface area contributed by atoms with Crippen molar-refractivity contribution in [2.75, 3.05) is 0 Å². The highest BCUT2D eigenvalue weighted by atomic mass is 127. The lowest BCUT2D eigenvalue weighted by molar-refractivity contribution is 0.0987. The highest BCUT2D eigenvalue weighted by Gasteiger charge is 2.18. The van der Waals surface area contributed by atoms with Gasteiger partial charge in [0.05, 0.1) is 0 Å². The summed E-state index contributed by atoms with van der Waals surface area (Å²) >= 11 is 8.41. The molecule has 0 heterocycles. The number of benzene rings is 2. The van der Waals surface area contributed by atoms with Gasteiger partial charge in [0.2, 0.25) is 0 Å². The lowest BCUT2D eigenvalue weighted by Gasteiger charge is -2.08. The van der Waals surface area contributed by atoms with Crippen molar-refractivity contribution in [1.29, 1.82) is 0 Å². The topological polar surface area (TPSA) is 17.1 Å². The van der Waals surface area contributed by atoms with Gasteiger partial charge < -0.3 is 0 Å². The fourth-order valence-corrected chi connectivity index (χ4v) is 2.16. The Morgan fingerprint density at radius 1 is 1.00 bits per heavy atom. The maximum absolute atomic E-state index is 12.1. The molecule has 0 radical (unpaired) electrons. The molecule has 1 nitrogen and oxygen atoms in total. The van der Waals surface area contributed by atoms with Gasteiger partial charge in [-0.3, -0.25) is 4.79 Å². The fraction of sp³-hybridized carbons (Fsp3) is 0.0714. The average Bonchev–Trinajstić information content (AvgIpc) is 2.39. The normalized spacial score (nSPS) is 12.1. The first-order valence-electron chi connectivity index (χ1n) is 5.17. The van der Waals surface area contributed by atoms with Gasteiger partial charge >= 0.3 is 0 Å². The largest absolute Gasteiger partial charge is 0.292 e. The first-order valence-corrected chi connectivity index (χ1v) is 6.69. The second-order valence-corrected chi connectivity index (χ2v) is 5.33. The summed E-state index contributed by atoms with van der Waals surface area (Å²) in [6, 6.07) is 16.8. The van der Waals surface area contributed by atoms with Crippen LogP contribution in [0.1, 0.15) is 21.3 Å². The Bertz CT molecular complexity index is 508. The second-order valence-electron chi connectivity index (χ2n) is 3.64. The van der Waals surface area contributed by atoms with Crippen LogP contribution in [-0.4, -0.2) is 5.78 Å². The Hall–Kier alpha value is -0.870. The van der Waals surface area contributed by atoms with E-state index in [-0.39, 0.29) is 5.78 Å². The summed E-state index contributed by atoms with van der Waals surface area (Å²) in [5.41, 5.74) is 1.48. The van der Waals surface area contributed by atoms with Crippen LogP contribution >= 0.6 is 34.2 Å². The molecule has 86 valence electrons. The van der Waals surface area contributed by atoms with Crippen molar-refractivity contribution in [3.63, 3.8) is 0 Å². The zero-order valence-corrected chi connectivity index (χ0v) is 11.9. The summed E-state index contributed by atoms with van der Waals surface area (Å²) in [4.78, 5) is 12.1. The van der Waals surface area contributed by atoms with E-state index in [9.17, 15) is 4.79 Å². The van der Waals surface area contributed by atoms with Gasteiger partial charge in [0.25, 0.3) is 0 Å². The van der Waals surface area contributed by atoms with Gasteiger partial charge in [-0.1, -0.05) is 42.5 Å². The average molecular weight is 357 g/mol. The maximum atomic E-state index is 12.1. The number of halogens is 2. The van der Waals surface area contributed by atoms with Crippen LogP contribution in [0.3, 0.4) is 0 Å². The van der Waals surface area contributed by atoms with Crippen LogP contribution in [0.25, 0.3) is 0 Å². The number of carbonyl (C=O) groups is 1. The summed E-state index contributed by atoms with van der Waals surface area (Å²) < 4.78 is 1.13. The predicted octanol–water partition coefficient (Wildman–Crippen LogP) is 4.45. The predicted molar refractivity (Wildman–Crippen MR) is 78.5 cm³/mol. The molecule has 0 bridgehead atoms. The van der Waals surface area contributed by atoms with E-state index in [1.807, 2.05) is 42.5 Å². The van der Waals surface area contributed by atoms with Crippen molar-refractivity contribution >= 4 is 40.0 Å². The Balaban J connectivity index is 2.23.